The Kier molecular flexibility index (Phi) is 5.27. The number of aromatic nitrogens is 1. The van der Waals surface area contributed by atoms with Gasteiger partial charge >= 0.3 is 0 Å². The number of hydrogen-bond donors (Lipinski definition) is 3. The molecule has 9 heteroatoms. The summed E-state index contributed by atoms with van der Waals surface area (Å²) < 4.78 is 5.41. The highest BCUT2D eigenvalue weighted by atomic mass is 16.5. The van der Waals surface area contributed by atoms with Gasteiger partial charge in [-0.05, 0) is 48.3 Å². The minimum atomic E-state index is -0.781. The first-order valence-electron chi connectivity index (χ1n) is 11.7. The first kappa shape index (κ1) is 22.3. The minimum Gasteiger partial charge on any atom is -0.496 e. The number of ether oxygens (including phenoxy) is 1. The van der Waals surface area contributed by atoms with E-state index in [0.717, 1.165) is 10.9 Å². The maximum Gasteiger partial charge on any atom is 0.271 e. The zero-order chi connectivity index (χ0) is 24.2. The van der Waals surface area contributed by atoms with Crippen LogP contribution in [0.4, 0.5) is 0 Å². The Morgan fingerprint density at radius 3 is 2.85 bits per heavy atom. The van der Waals surface area contributed by atoms with Gasteiger partial charge in [0.25, 0.3) is 5.91 Å². The number of nitrogens with one attached hydrogen (secondary N) is 3. The number of amides is 3. The predicted octanol–water partition coefficient (Wildman–Crippen LogP) is 1.81. The molecular formula is C25H29N5O4. The van der Waals surface area contributed by atoms with Crippen LogP contribution in [0.25, 0.3) is 10.9 Å². The van der Waals surface area contributed by atoms with Crippen molar-refractivity contribution >= 4 is 28.6 Å². The fourth-order valence-electron chi connectivity index (χ4n) is 5.93. The highest BCUT2D eigenvalue weighted by molar-refractivity contribution is 6.02. The van der Waals surface area contributed by atoms with E-state index in [2.05, 4.69) is 35.5 Å². The largest absolute Gasteiger partial charge is 0.496 e. The summed E-state index contributed by atoms with van der Waals surface area (Å²) in [6.07, 6.45) is 0.927. The fourth-order valence-corrected chi connectivity index (χ4v) is 5.93. The number of likely N-dealkylation sites (tertiary alicyclic amines) is 1. The molecule has 0 spiro atoms. The van der Waals surface area contributed by atoms with Crippen LogP contribution in [0.1, 0.15) is 37.2 Å². The van der Waals surface area contributed by atoms with Gasteiger partial charge < -0.3 is 25.3 Å². The first-order chi connectivity index (χ1) is 16.3. The summed E-state index contributed by atoms with van der Waals surface area (Å²) in [7, 11) is 1.58. The molecule has 3 aliphatic rings. The molecule has 2 aliphatic heterocycles. The highest BCUT2D eigenvalue weighted by Crippen LogP contribution is 2.65. The molecular weight excluding hydrogens is 434 g/mol. The number of carbonyl (C=O) groups is 3. The lowest BCUT2D eigenvalue weighted by Gasteiger charge is -2.30. The van der Waals surface area contributed by atoms with Crippen LogP contribution in [0.3, 0.4) is 0 Å². The lowest BCUT2D eigenvalue weighted by atomic mass is 9.97. The molecule has 0 radical (unpaired) electrons. The summed E-state index contributed by atoms with van der Waals surface area (Å²) in [5.74, 6) is -0.00490. The van der Waals surface area contributed by atoms with Gasteiger partial charge in [0, 0.05) is 29.9 Å². The zero-order valence-electron chi connectivity index (χ0n) is 19.6. The number of methoxy groups -OCH3 is 1. The number of carbonyl (C=O) groups excluding carboxylic acids is 3. The smallest absolute Gasteiger partial charge is 0.271 e. The third-order valence-electron chi connectivity index (χ3n) is 7.97. The number of nitriles is 1. The Labute approximate surface area is 197 Å². The standard InChI is InChI=1S/C25H29N5O4/c1-25(2)16-12-30(24(33)18-10-15-17(29-18)5-4-6-19(15)34-3)21(20(16)25)23(32)28-14(11-26)9-13-7-8-27-22(13)31/h4-6,10,13-14,16,20-21,29H,7-9,12H2,1-3H3,(H,27,31)(H,28,32)/t13-,14-,16?,20?,21?/m0/s1. The van der Waals surface area contributed by atoms with E-state index in [4.69, 9.17) is 4.74 Å². The molecule has 3 heterocycles. The molecule has 0 bridgehead atoms. The second-order valence-corrected chi connectivity index (χ2v) is 10.2. The normalized spacial score (nSPS) is 27.6. The van der Waals surface area contributed by atoms with Gasteiger partial charge in [0.05, 0.1) is 13.2 Å². The predicted molar refractivity (Wildman–Crippen MR) is 124 cm³/mol. The van der Waals surface area contributed by atoms with Crippen LogP contribution < -0.4 is 15.4 Å². The van der Waals surface area contributed by atoms with Gasteiger partial charge in [0.15, 0.2) is 0 Å². The van der Waals surface area contributed by atoms with Gasteiger partial charge in [-0.25, -0.2) is 0 Å². The summed E-state index contributed by atoms with van der Waals surface area (Å²) in [5, 5.41) is 16.0. The van der Waals surface area contributed by atoms with E-state index < -0.39 is 12.1 Å². The average molecular weight is 464 g/mol. The third kappa shape index (κ3) is 3.49. The van der Waals surface area contributed by atoms with Crippen molar-refractivity contribution in [2.24, 2.45) is 23.2 Å². The van der Waals surface area contributed by atoms with Crippen LogP contribution in [-0.4, -0.2) is 59.9 Å². The van der Waals surface area contributed by atoms with Gasteiger partial charge in [-0.2, -0.15) is 5.26 Å². The number of benzene rings is 1. The molecule has 3 fully saturated rings. The Bertz CT molecular complexity index is 1210. The monoisotopic (exact) mass is 463 g/mol. The molecule has 1 aliphatic carbocycles. The Morgan fingerprint density at radius 1 is 1.38 bits per heavy atom. The van der Waals surface area contributed by atoms with Crippen molar-refractivity contribution in [3.05, 3.63) is 30.0 Å². The fraction of sp³-hybridized carbons (Fsp3) is 0.520. The second kappa shape index (κ2) is 8.05. The van der Waals surface area contributed by atoms with E-state index in [9.17, 15) is 19.6 Å². The van der Waals surface area contributed by atoms with Crippen molar-refractivity contribution in [3.8, 4) is 11.8 Å². The lowest BCUT2D eigenvalue weighted by Crippen LogP contribution is -2.52. The second-order valence-electron chi connectivity index (χ2n) is 10.2. The number of aromatic amines is 1. The van der Waals surface area contributed by atoms with E-state index in [1.807, 2.05) is 18.2 Å². The van der Waals surface area contributed by atoms with Crippen molar-refractivity contribution in [3.63, 3.8) is 0 Å². The number of H-pyrrole nitrogens is 1. The molecule has 1 aromatic carbocycles. The molecule has 9 nitrogen and oxygen atoms in total. The van der Waals surface area contributed by atoms with Crippen LogP contribution in [0.15, 0.2) is 24.3 Å². The number of fused-ring (bicyclic) bond motifs is 2. The summed E-state index contributed by atoms with van der Waals surface area (Å²) in [6, 6.07) is 8.00. The van der Waals surface area contributed by atoms with Crippen LogP contribution in [0.5, 0.6) is 5.75 Å². The third-order valence-corrected chi connectivity index (χ3v) is 7.97. The van der Waals surface area contributed by atoms with Crippen LogP contribution in [0, 0.1) is 34.5 Å². The quantitative estimate of drug-likeness (QED) is 0.602. The SMILES string of the molecule is COc1cccc2[nH]c(C(=O)N3CC4C(C3C(=O)N[C@H](C#N)C[C@@H]3CCNC3=O)C4(C)C)cc12. The average Bonchev–Trinajstić information content (AvgIpc) is 3.33. The van der Waals surface area contributed by atoms with E-state index in [-0.39, 0.29) is 47.3 Å². The molecule has 3 amide bonds. The molecule has 5 atom stereocenters. The van der Waals surface area contributed by atoms with Crippen LogP contribution in [0.2, 0.25) is 0 Å². The first-order valence-corrected chi connectivity index (χ1v) is 11.7. The van der Waals surface area contributed by atoms with Gasteiger partial charge in [0.1, 0.15) is 23.5 Å². The van der Waals surface area contributed by atoms with Gasteiger partial charge in [-0.3, -0.25) is 14.4 Å². The van der Waals surface area contributed by atoms with Crippen molar-refractivity contribution in [2.45, 2.75) is 38.8 Å². The molecule has 3 unspecified atom stereocenters. The molecule has 178 valence electrons. The highest BCUT2D eigenvalue weighted by Gasteiger charge is 2.69. The van der Waals surface area contributed by atoms with E-state index in [0.29, 0.717) is 31.0 Å². The topological polar surface area (TPSA) is 127 Å². The maximum absolute atomic E-state index is 13.5. The molecule has 2 aromatic rings. The number of nitrogens with zero attached hydrogens (tertiary/aromatic N) is 2. The summed E-state index contributed by atoms with van der Waals surface area (Å²) in [6.45, 7) is 5.31. The maximum atomic E-state index is 13.5. The minimum absolute atomic E-state index is 0.0319. The van der Waals surface area contributed by atoms with E-state index in [1.54, 1.807) is 18.1 Å². The summed E-state index contributed by atoms with van der Waals surface area (Å²) in [4.78, 5) is 43.7. The van der Waals surface area contributed by atoms with Crippen molar-refractivity contribution in [2.75, 3.05) is 20.2 Å². The molecule has 3 N–H and O–H groups in total. The number of hydrogen-bond acceptors (Lipinski definition) is 5. The lowest BCUT2D eigenvalue weighted by molar-refractivity contribution is -0.127. The Balaban J connectivity index is 1.37. The number of rotatable bonds is 6. The molecule has 1 saturated carbocycles. The zero-order valence-corrected chi connectivity index (χ0v) is 19.6. The molecule has 2 saturated heterocycles. The van der Waals surface area contributed by atoms with Gasteiger partial charge in [-0.1, -0.05) is 19.9 Å². The van der Waals surface area contributed by atoms with Gasteiger partial charge in [0.2, 0.25) is 11.8 Å². The molecule has 34 heavy (non-hydrogen) atoms. The summed E-state index contributed by atoms with van der Waals surface area (Å²) >= 11 is 0. The van der Waals surface area contributed by atoms with Crippen molar-refractivity contribution < 1.29 is 19.1 Å². The van der Waals surface area contributed by atoms with Crippen LogP contribution in [-0.2, 0) is 9.59 Å². The summed E-state index contributed by atoms with van der Waals surface area (Å²) in [5.41, 5.74) is 1.14. The number of piperidine rings is 1. The van der Waals surface area contributed by atoms with Crippen molar-refractivity contribution in [1.82, 2.24) is 20.5 Å². The Hall–Kier alpha value is -3.54. The van der Waals surface area contributed by atoms with E-state index >= 15 is 0 Å². The Morgan fingerprint density at radius 2 is 2.18 bits per heavy atom. The molecule has 5 rings (SSSR count). The van der Waals surface area contributed by atoms with Crippen LogP contribution >= 0.6 is 0 Å². The van der Waals surface area contributed by atoms with E-state index in [1.165, 1.54) is 0 Å². The van der Waals surface area contributed by atoms with Crippen molar-refractivity contribution in [1.29, 1.82) is 5.26 Å². The van der Waals surface area contributed by atoms with Gasteiger partial charge in [-0.15, -0.1) is 0 Å². The molecule has 1 aromatic heterocycles.